The second-order valence-corrected chi connectivity index (χ2v) is 12.9. The molecule has 5 atom stereocenters. The Kier molecular flexibility index (Phi) is 18.9. The minimum Gasteiger partial charge on any atom is -0.480 e. The van der Waals surface area contributed by atoms with E-state index >= 15 is 0 Å². The van der Waals surface area contributed by atoms with Crippen LogP contribution in [0.3, 0.4) is 0 Å². The van der Waals surface area contributed by atoms with Gasteiger partial charge in [-0.05, 0) is 82.6 Å². The molecule has 1 aliphatic heterocycles. The molecule has 1 aromatic carbocycles. The third-order valence-electron chi connectivity index (χ3n) is 7.63. The number of aliphatic hydroxyl groups excluding tert-OH is 1. The van der Waals surface area contributed by atoms with Crippen LogP contribution >= 0.6 is 0 Å². The summed E-state index contributed by atoms with van der Waals surface area (Å²) < 4.78 is 25.1. The van der Waals surface area contributed by atoms with E-state index in [0.29, 0.717) is 17.9 Å². The third kappa shape index (κ3) is 15.3. The summed E-state index contributed by atoms with van der Waals surface area (Å²) in [5.74, 6) is -1.26. The lowest BCUT2D eigenvalue weighted by atomic mass is 10.0. The van der Waals surface area contributed by atoms with Crippen molar-refractivity contribution in [1.29, 1.82) is 0 Å². The molecule has 0 radical (unpaired) electrons. The van der Waals surface area contributed by atoms with Crippen LogP contribution in [-0.2, 0) is 25.1 Å². The lowest BCUT2D eigenvalue weighted by molar-refractivity contribution is -0.194. The van der Waals surface area contributed by atoms with E-state index in [2.05, 4.69) is 24.8 Å². The maximum absolute atomic E-state index is 13.1. The molecule has 232 valence electrons. The van der Waals surface area contributed by atoms with Crippen LogP contribution in [0.5, 0.6) is 0 Å². The van der Waals surface area contributed by atoms with Crippen molar-refractivity contribution in [1.82, 2.24) is 0 Å². The summed E-state index contributed by atoms with van der Waals surface area (Å²) in [4.78, 5) is 12.5. The average molecular weight is 591 g/mol. The van der Waals surface area contributed by atoms with Crippen molar-refractivity contribution in [2.75, 3.05) is 6.61 Å². The van der Waals surface area contributed by atoms with Gasteiger partial charge in [0.05, 0.1) is 23.0 Å². The molecule has 1 aromatic rings. The molecule has 7 heteroatoms. The molecule has 1 fully saturated rings. The molecule has 0 aliphatic carbocycles. The Morgan fingerprint density at radius 1 is 1.02 bits per heavy atom. The monoisotopic (exact) mass is 590 g/mol. The Balaban J connectivity index is 1.78. The van der Waals surface area contributed by atoms with Crippen LogP contribution in [0.1, 0.15) is 122 Å². The Morgan fingerprint density at radius 3 is 2.27 bits per heavy atom. The number of hydrogen-bond donors (Lipinski definition) is 2. The Bertz CT molecular complexity index is 918. The molecule has 0 spiro atoms. The molecule has 2 rings (SSSR count). The molecule has 5 unspecified atom stereocenters. The van der Waals surface area contributed by atoms with Gasteiger partial charge < -0.3 is 19.7 Å². The molecule has 1 heterocycles. The molecular weight excluding hydrogens is 536 g/mol. The summed E-state index contributed by atoms with van der Waals surface area (Å²) in [5.41, 5.74) is 4.32. The zero-order chi connectivity index (χ0) is 29.7. The number of carboxylic acid groups (broad SMARTS) is 1. The molecule has 6 nitrogen and oxygen atoms in total. The maximum atomic E-state index is 13.1. The van der Waals surface area contributed by atoms with Gasteiger partial charge in [-0.15, -0.1) is 5.73 Å². The minimum atomic E-state index is -1.88. The zero-order valence-electron chi connectivity index (χ0n) is 25.4. The fourth-order valence-corrected chi connectivity index (χ4v) is 6.41. The van der Waals surface area contributed by atoms with E-state index in [0.717, 1.165) is 69.8 Å². The molecule has 0 saturated carbocycles. The summed E-state index contributed by atoms with van der Waals surface area (Å²) in [6.07, 6.45) is 20.1. The van der Waals surface area contributed by atoms with E-state index in [4.69, 9.17) is 9.47 Å². The second-order valence-electron chi connectivity index (χ2n) is 11.3. The highest BCUT2D eigenvalue weighted by Gasteiger charge is 2.35. The van der Waals surface area contributed by atoms with Gasteiger partial charge in [0.15, 0.2) is 11.5 Å². The first-order valence-electron chi connectivity index (χ1n) is 16.0. The topological polar surface area (TPSA) is 93.1 Å². The number of allylic oxidation sites excluding steroid dienone is 1. The quantitative estimate of drug-likeness (QED) is 0.105. The fraction of sp³-hybridized carbons (Fsp3) is 0.706. The van der Waals surface area contributed by atoms with E-state index in [1.54, 1.807) is 24.3 Å². The molecule has 41 heavy (non-hydrogen) atoms. The van der Waals surface area contributed by atoms with Crippen molar-refractivity contribution in [2.45, 2.75) is 152 Å². The summed E-state index contributed by atoms with van der Waals surface area (Å²) in [7, 11) is -1.88. The van der Waals surface area contributed by atoms with Crippen molar-refractivity contribution in [2.24, 2.45) is 0 Å². The fourth-order valence-electron chi connectivity index (χ4n) is 5.13. The highest BCUT2D eigenvalue weighted by atomic mass is 32.2. The number of benzene rings is 1. The van der Waals surface area contributed by atoms with Gasteiger partial charge in [0.2, 0.25) is 0 Å². The number of aliphatic hydroxyl groups is 1. The first-order chi connectivity index (χ1) is 19.9. The van der Waals surface area contributed by atoms with Gasteiger partial charge in [-0.2, -0.15) is 0 Å². The van der Waals surface area contributed by atoms with Crippen molar-refractivity contribution >= 4 is 16.8 Å². The van der Waals surface area contributed by atoms with Gasteiger partial charge in [0.1, 0.15) is 0 Å². The summed E-state index contributed by atoms with van der Waals surface area (Å²) >= 11 is 0. The molecule has 1 saturated heterocycles. The number of rotatable bonds is 22. The van der Waals surface area contributed by atoms with Gasteiger partial charge in [-0.3, -0.25) is 9.00 Å². The predicted molar refractivity (Wildman–Crippen MR) is 166 cm³/mol. The van der Waals surface area contributed by atoms with Crippen molar-refractivity contribution in [3.05, 3.63) is 47.7 Å². The van der Waals surface area contributed by atoms with Gasteiger partial charge in [0, 0.05) is 17.9 Å². The van der Waals surface area contributed by atoms with Crippen LogP contribution in [0.2, 0.25) is 0 Å². The van der Waals surface area contributed by atoms with Crippen LogP contribution in [0.25, 0.3) is 0 Å². The highest BCUT2D eigenvalue weighted by molar-refractivity contribution is 7.86. The van der Waals surface area contributed by atoms with Crippen LogP contribution in [0, 0.1) is 6.92 Å². The summed E-state index contributed by atoms with van der Waals surface area (Å²) in [6.45, 7) is 4.81. The first kappa shape index (κ1) is 35.4. The number of unbranched alkanes of at least 4 members (excludes halogenated alkanes) is 10. The van der Waals surface area contributed by atoms with Gasteiger partial charge in [-0.25, -0.2) is 0 Å². The first-order valence-corrected chi connectivity index (χ1v) is 17.2. The van der Waals surface area contributed by atoms with Crippen LogP contribution in [-0.4, -0.2) is 50.7 Å². The number of carbonyl (C=O) groups is 1. The van der Waals surface area contributed by atoms with Crippen LogP contribution < -0.4 is 0 Å². The standard InChI is InChI=1S/C34H54O6S/c1-3-4-5-6-7-8-9-10-11-12-13-14-15-16-17-20-29(40-32-21-18-19-26-39-32)27-31(35)33(34(36)37)41(38)30-24-22-28(2)23-25-30/h9,11,22-25,29,31-33,35H,3-8,12-21,26-27H2,1-2H3,(H,36,37). The Morgan fingerprint density at radius 2 is 1.66 bits per heavy atom. The van der Waals surface area contributed by atoms with E-state index in [-0.39, 0.29) is 18.8 Å². The largest absolute Gasteiger partial charge is 0.480 e. The molecule has 2 N–H and O–H groups in total. The van der Waals surface area contributed by atoms with E-state index in [9.17, 15) is 19.2 Å². The number of hydrogen-bond acceptors (Lipinski definition) is 5. The normalized spacial score (nSPS) is 18.2. The van der Waals surface area contributed by atoms with Gasteiger partial charge in [-0.1, -0.05) is 76.0 Å². The molecule has 0 aromatic heterocycles. The number of carboxylic acids is 1. The predicted octanol–water partition coefficient (Wildman–Crippen LogP) is 8.02. The smallest absolute Gasteiger partial charge is 0.322 e. The van der Waals surface area contributed by atoms with Gasteiger partial charge in [0.25, 0.3) is 0 Å². The number of aliphatic carboxylic acids is 1. The van der Waals surface area contributed by atoms with Crippen LogP contribution in [0.15, 0.2) is 47.0 Å². The minimum absolute atomic E-state index is 0.115. The molecule has 1 aliphatic rings. The Hall–Kier alpha value is -1.76. The van der Waals surface area contributed by atoms with Crippen molar-refractivity contribution in [3.63, 3.8) is 0 Å². The summed E-state index contributed by atoms with van der Waals surface area (Å²) in [5, 5.41) is 19.4. The second kappa shape index (κ2) is 21.9. The number of aryl methyl sites for hydroxylation is 1. The number of ether oxygens (including phenoxy) is 2. The van der Waals surface area contributed by atoms with Crippen molar-refractivity contribution in [3.8, 4) is 0 Å². The molecule has 0 amide bonds. The van der Waals surface area contributed by atoms with E-state index in [1.165, 1.54) is 32.1 Å². The SMILES string of the molecule is CCCCCCCC=C=CCCCCCCCC(CC(O)C(C(=O)O)S(=O)c1ccc(C)cc1)OC1CCCCO1. The molecular formula is C34H54O6S. The third-order valence-corrected chi connectivity index (χ3v) is 9.34. The van der Waals surface area contributed by atoms with E-state index in [1.807, 2.05) is 6.92 Å². The van der Waals surface area contributed by atoms with Crippen LogP contribution in [0.4, 0.5) is 0 Å². The lowest BCUT2D eigenvalue weighted by Gasteiger charge is -2.30. The van der Waals surface area contributed by atoms with Gasteiger partial charge >= 0.3 is 5.97 Å². The average Bonchev–Trinajstić information content (AvgIpc) is 2.95. The van der Waals surface area contributed by atoms with Crippen molar-refractivity contribution < 1.29 is 28.7 Å². The Labute approximate surface area is 251 Å². The zero-order valence-corrected chi connectivity index (χ0v) is 26.3. The maximum Gasteiger partial charge on any atom is 0.322 e. The molecule has 0 bridgehead atoms. The lowest BCUT2D eigenvalue weighted by Crippen LogP contribution is -2.41. The van der Waals surface area contributed by atoms with E-state index < -0.39 is 28.1 Å². The summed E-state index contributed by atoms with van der Waals surface area (Å²) in [6, 6.07) is 6.93. The highest BCUT2D eigenvalue weighted by Crippen LogP contribution is 2.24.